The molecule has 3 aromatic heterocycles. The maximum Gasteiger partial charge on any atom is 0.277 e. The summed E-state index contributed by atoms with van der Waals surface area (Å²) in [7, 11) is 0. The zero-order chi connectivity index (χ0) is 19.8. The standard InChI is InChI=1S/C20H15N5O2S2/c21-8-13-12-5-3-7-16(12)29-19(13)23-17(26)10-28-20-25-24-18(27-20)14-9-22-15-6-2-1-4-11(14)15/h1-2,4,6,9,22H,3,5,7,10H2,(H,23,26). The largest absolute Gasteiger partial charge is 0.411 e. The number of rotatable bonds is 5. The number of aryl methyl sites for hydroxylation is 1. The number of para-hydroxylation sites is 1. The van der Waals surface area contributed by atoms with Gasteiger partial charge in [0.25, 0.3) is 11.1 Å². The van der Waals surface area contributed by atoms with E-state index >= 15 is 0 Å². The van der Waals surface area contributed by atoms with Crippen LogP contribution < -0.4 is 5.32 Å². The minimum atomic E-state index is -0.196. The van der Waals surface area contributed by atoms with Crippen molar-refractivity contribution in [2.24, 2.45) is 0 Å². The molecule has 0 aliphatic heterocycles. The van der Waals surface area contributed by atoms with Crippen molar-refractivity contribution in [1.29, 1.82) is 5.26 Å². The van der Waals surface area contributed by atoms with Crippen molar-refractivity contribution in [3.05, 3.63) is 46.5 Å². The number of thiophene rings is 1. The smallest absolute Gasteiger partial charge is 0.277 e. The lowest BCUT2D eigenvalue weighted by atomic mass is 10.1. The Morgan fingerprint density at radius 1 is 1.34 bits per heavy atom. The zero-order valence-electron chi connectivity index (χ0n) is 15.2. The van der Waals surface area contributed by atoms with Gasteiger partial charge in [0.2, 0.25) is 5.91 Å². The molecule has 0 bridgehead atoms. The van der Waals surface area contributed by atoms with Crippen LogP contribution in [0.4, 0.5) is 5.00 Å². The van der Waals surface area contributed by atoms with Crippen LogP contribution in [0, 0.1) is 11.3 Å². The Balaban J connectivity index is 1.26. The molecule has 5 rings (SSSR count). The van der Waals surface area contributed by atoms with E-state index in [1.54, 1.807) is 0 Å². The number of nitriles is 1. The lowest BCUT2D eigenvalue weighted by Crippen LogP contribution is -2.14. The quantitative estimate of drug-likeness (QED) is 0.463. The van der Waals surface area contributed by atoms with Crippen LogP contribution in [0.5, 0.6) is 0 Å². The molecule has 4 aromatic rings. The van der Waals surface area contributed by atoms with Crippen LogP contribution in [0.25, 0.3) is 22.4 Å². The minimum Gasteiger partial charge on any atom is -0.411 e. The van der Waals surface area contributed by atoms with Crippen LogP contribution in [-0.2, 0) is 17.6 Å². The van der Waals surface area contributed by atoms with Gasteiger partial charge in [-0.1, -0.05) is 30.0 Å². The van der Waals surface area contributed by atoms with Gasteiger partial charge in [-0.3, -0.25) is 4.79 Å². The Morgan fingerprint density at radius 3 is 3.14 bits per heavy atom. The monoisotopic (exact) mass is 421 g/mol. The van der Waals surface area contributed by atoms with E-state index in [9.17, 15) is 10.1 Å². The summed E-state index contributed by atoms with van der Waals surface area (Å²) in [6.45, 7) is 0. The second-order valence-corrected chi connectivity index (χ2v) is 8.66. The van der Waals surface area contributed by atoms with Gasteiger partial charge in [0.1, 0.15) is 11.1 Å². The van der Waals surface area contributed by atoms with Crippen molar-refractivity contribution in [1.82, 2.24) is 15.2 Å². The second kappa shape index (κ2) is 7.39. The molecule has 7 nitrogen and oxygen atoms in total. The molecule has 29 heavy (non-hydrogen) atoms. The van der Waals surface area contributed by atoms with Gasteiger partial charge in [0.05, 0.1) is 16.9 Å². The fourth-order valence-corrected chi connectivity index (χ4v) is 5.35. The molecule has 1 aliphatic carbocycles. The number of carbonyl (C=O) groups is 1. The van der Waals surface area contributed by atoms with E-state index in [-0.39, 0.29) is 11.7 Å². The van der Waals surface area contributed by atoms with Crippen molar-refractivity contribution in [3.63, 3.8) is 0 Å². The SMILES string of the molecule is N#Cc1c(NC(=O)CSc2nnc(-c3c[nH]c4ccccc34)o2)sc2c1CCC2. The summed E-state index contributed by atoms with van der Waals surface area (Å²) in [6, 6.07) is 10.1. The lowest BCUT2D eigenvalue weighted by Gasteiger charge is -2.02. The molecule has 0 saturated heterocycles. The summed E-state index contributed by atoms with van der Waals surface area (Å²) in [5.74, 6) is 0.341. The summed E-state index contributed by atoms with van der Waals surface area (Å²) >= 11 is 2.68. The van der Waals surface area contributed by atoms with Crippen LogP contribution in [0.2, 0.25) is 0 Å². The molecule has 0 unspecified atom stereocenters. The van der Waals surface area contributed by atoms with E-state index in [0.29, 0.717) is 21.7 Å². The van der Waals surface area contributed by atoms with Gasteiger partial charge in [-0.05, 0) is 30.9 Å². The van der Waals surface area contributed by atoms with Crippen molar-refractivity contribution in [2.45, 2.75) is 24.5 Å². The highest BCUT2D eigenvalue weighted by Gasteiger charge is 2.23. The fraction of sp³-hybridized carbons (Fsp3) is 0.200. The Hall–Kier alpha value is -3.09. The molecule has 2 N–H and O–H groups in total. The van der Waals surface area contributed by atoms with Crippen LogP contribution in [0.1, 0.15) is 22.4 Å². The van der Waals surface area contributed by atoms with Crippen molar-refractivity contribution in [3.8, 4) is 17.5 Å². The molecule has 1 aliphatic rings. The molecule has 3 heterocycles. The number of nitrogens with one attached hydrogen (secondary N) is 2. The molecule has 1 amide bonds. The summed E-state index contributed by atoms with van der Waals surface area (Å²) in [5.41, 5.74) is 3.53. The predicted octanol–water partition coefficient (Wildman–Crippen LogP) is 4.37. The van der Waals surface area contributed by atoms with Gasteiger partial charge in [-0.15, -0.1) is 21.5 Å². The number of H-pyrrole nitrogens is 1. The van der Waals surface area contributed by atoms with Crippen LogP contribution >= 0.6 is 23.1 Å². The highest BCUT2D eigenvalue weighted by molar-refractivity contribution is 7.99. The van der Waals surface area contributed by atoms with Crippen LogP contribution in [0.15, 0.2) is 40.1 Å². The number of anilines is 1. The third-order valence-corrected chi connectivity index (χ3v) is 6.86. The third kappa shape index (κ3) is 3.30. The summed E-state index contributed by atoms with van der Waals surface area (Å²) in [5, 5.41) is 22.4. The molecule has 0 fully saturated rings. The molecule has 9 heteroatoms. The maximum atomic E-state index is 12.4. The number of aromatic amines is 1. The second-order valence-electron chi connectivity index (χ2n) is 6.63. The van der Waals surface area contributed by atoms with E-state index in [2.05, 4.69) is 26.6 Å². The normalized spacial score (nSPS) is 12.8. The highest BCUT2D eigenvalue weighted by Crippen LogP contribution is 2.38. The van der Waals surface area contributed by atoms with E-state index in [1.807, 2.05) is 30.5 Å². The molecular formula is C20H15N5O2S2. The number of aromatic nitrogens is 3. The topological polar surface area (TPSA) is 108 Å². The van der Waals surface area contributed by atoms with Crippen molar-refractivity contribution in [2.75, 3.05) is 11.1 Å². The number of benzene rings is 1. The number of fused-ring (bicyclic) bond motifs is 2. The van der Waals surface area contributed by atoms with Crippen molar-refractivity contribution < 1.29 is 9.21 Å². The first-order valence-electron chi connectivity index (χ1n) is 9.10. The molecular weight excluding hydrogens is 406 g/mol. The molecule has 144 valence electrons. The number of hydrogen-bond donors (Lipinski definition) is 2. The Labute approximate surface area is 174 Å². The Bertz CT molecular complexity index is 1260. The number of carbonyl (C=O) groups excluding carboxylic acids is 1. The predicted molar refractivity (Wildman–Crippen MR) is 112 cm³/mol. The molecule has 1 aromatic carbocycles. The maximum absolute atomic E-state index is 12.4. The number of thioether (sulfide) groups is 1. The van der Waals surface area contributed by atoms with Gasteiger partial charge < -0.3 is 14.7 Å². The van der Waals surface area contributed by atoms with E-state index < -0.39 is 0 Å². The molecule has 0 spiro atoms. The molecule has 0 radical (unpaired) electrons. The van der Waals surface area contributed by atoms with Gasteiger partial charge >= 0.3 is 0 Å². The number of nitrogens with zero attached hydrogens (tertiary/aromatic N) is 3. The molecule has 0 atom stereocenters. The Kier molecular flexibility index (Phi) is 4.58. The van der Waals surface area contributed by atoms with Crippen molar-refractivity contribution >= 4 is 44.9 Å². The average molecular weight is 422 g/mol. The summed E-state index contributed by atoms with van der Waals surface area (Å²) < 4.78 is 5.72. The summed E-state index contributed by atoms with van der Waals surface area (Å²) in [4.78, 5) is 16.8. The van der Waals surface area contributed by atoms with Crippen LogP contribution in [0.3, 0.4) is 0 Å². The van der Waals surface area contributed by atoms with Gasteiger partial charge in [-0.2, -0.15) is 5.26 Å². The third-order valence-electron chi connectivity index (χ3n) is 4.84. The average Bonchev–Trinajstić information content (AvgIpc) is 3.49. The fourth-order valence-electron chi connectivity index (χ4n) is 3.53. The van der Waals surface area contributed by atoms with E-state index in [0.717, 1.165) is 41.3 Å². The first kappa shape index (κ1) is 18.0. The van der Waals surface area contributed by atoms with Gasteiger partial charge in [0.15, 0.2) is 0 Å². The minimum absolute atomic E-state index is 0.128. The lowest BCUT2D eigenvalue weighted by molar-refractivity contribution is -0.113. The zero-order valence-corrected chi connectivity index (χ0v) is 16.8. The van der Waals surface area contributed by atoms with Gasteiger partial charge in [-0.25, -0.2) is 0 Å². The van der Waals surface area contributed by atoms with Gasteiger partial charge in [0, 0.05) is 22.0 Å². The first-order valence-corrected chi connectivity index (χ1v) is 10.9. The molecule has 0 saturated carbocycles. The summed E-state index contributed by atoms with van der Waals surface area (Å²) in [6.07, 6.45) is 4.81. The number of hydrogen-bond acceptors (Lipinski definition) is 7. The Morgan fingerprint density at radius 2 is 2.24 bits per heavy atom. The van der Waals surface area contributed by atoms with Crippen LogP contribution in [-0.4, -0.2) is 26.8 Å². The highest BCUT2D eigenvalue weighted by atomic mass is 32.2. The van der Waals surface area contributed by atoms with E-state index in [1.165, 1.54) is 28.0 Å². The number of amides is 1. The first-order chi connectivity index (χ1) is 14.2. The van der Waals surface area contributed by atoms with E-state index in [4.69, 9.17) is 4.42 Å².